The van der Waals surface area contributed by atoms with E-state index in [2.05, 4.69) is 16.0 Å². The summed E-state index contributed by atoms with van der Waals surface area (Å²) in [6, 6.07) is 8.23. The van der Waals surface area contributed by atoms with E-state index in [4.69, 9.17) is 9.84 Å². The predicted octanol–water partition coefficient (Wildman–Crippen LogP) is 0.352. The Kier molecular flexibility index (Phi) is 10.4. The minimum atomic E-state index is -1.18. The summed E-state index contributed by atoms with van der Waals surface area (Å²) in [7, 11) is 0. The number of alkyl carbamates (subject to hydrolysis) is 1. The summed E-state index contributed by atoms with van der Waals surface area (Å²) in [6.45, 7) is -0.849. The predicted molar refractivity (Wildman–Crippen MR) is 100 cm³/mol. The molecule has 0 aromatic heterocycles. The Bertz CT molecular complexity index is 641. The normalized spacial score (nSPS) is 11.1. The molecule has 4 N–H and O–H groups in total. The zero-order valence-corrected chi connectivity index (χ0v) is 15.7. The lowest BCUT2D eigenvalue weighted by Gasteiger charge is -2.18. The monoisotopic (exact) mass is 397 g/mol. The maximum absolute atomic E-state index is 12.2. The number of hydrogen-bond acceptors (Lipinski definition) is 6. The van der Waals surface area contributed by atoms with Crippen LogP contribution in [0.4, 0.5) is 4.79 Å². The molecule has 148 valence electrons. The highest BCUT2D eigenvalue weighted by Gasteiger charge is 2.21. The Morgan fingerprint density at radius 1 is 1.11 bits per heavy atom. The van der Waals surface area contributed by atoms with Crippen LogP contribution < -0.4 is 16.0 Å². The molecular weight excluding hydrogens is 374 g/mol. The first-order valence-corrected chi connectivity index (χ1v) is 9.54. The molecule has 0 saturated heterocycles. The van der Waals surface area contributed by atoms with Gasteiger partial charge in [-0.3, -0.25) is 14.4 Å². The lowest BCUT2D eigenvalue weighted by Crippen LogP contribution is -2.49. The van der Waals surface area contributed by atoms with Crippen molar-refractivity contribution < 1.29 is 29.0 Å². The number of aliphatic carboxylic acids is 1. The fraction of sp³-hybridized carbons (Fsp3) is 0.412. The maximum Gasteiger partial charge on any atom is 0.408 e. The van der Waals surface area contributed by atoms with Gasteiger partial charge in [-0.25, -0.2) is 4.79 Å². The van der Waals surface area contributed by atoms with Gasteiger partial charge >= 0.3 is 12.1 Å². The Labute approximate surface area is 161 Å². The molecule has 1 unspecified atom stereocenters. The van der Waals surface area contributed by atoms with E-state index in [0.29, 0.717) is 12.2 Å². The molecular formula is C17H23N3O6S. The molecule has 0 aliphatic rings. The number of carboxylic acids is 1. The van der Waals surface area contributed by atoms with Crippen LogP contribution in [0.5, 0.6) is 0 Å². The summed E-state index contributed by atoms with van der Waals surface area (Å²) in [4.78, 5) is 46.0. The van der Waals surface area contributed by atoms with Crippen LogP contribution in [0.2, 0.25) is 0 Å². The summed E-state index contributed by atoms with van der Waals surface area (Å²) in [5.74, 6) is -1.76. The van der Waals surface area contributed by atoms with Crippen LogP contribution in [-0.4, -0.2) is 60.1 Å². The summed E-state index contributed by atoms with van der Waals surface area (Å²) in [6.07, 6.45) is 1.47. The fourth-order valence-electron chi connectivity index (χ4n) is 1.94. The molecule has 9 nitrogen and oxygen atoms in total. The molecule has 1 rings (SSSR count). The lowest BCUT2D eigenvalue weighted by atomic mass is 10.2. The molecule has 0 heterocycles. The maximum atomic E-state index is 12.2. The van der Waals surface area contributed by atoms with Gasteiger partial charge in [-0.15, -0.1) is 0 Å². The molecule has 0 aliphatic carbocycles. The van der Waals surface area contributed by atoms with Crippen molar-refractivity contribution in [1.82, 2.24) is 16.0 Å². The zero-order valence-electron chi connectivity index (χ0n) is 14.9. The Hall–Kier alpha value is -2.75. The molecule has 0 saturated carbocycles. The third-order valence-electron chi connectivity index (χ3n) is 3.29. The van der Waals surface area contributed by atoms with Crippen molar-refractivity contribution in [3.05, 3.63) is 35.9 Å². The van der Waals surface area contributed by atoms with Crippen LogP contribution in [0, 0.1) is 0 Å². The van der Waals surface area contributed by atoms with E-state index in [1.54, 1.807) is 12.1 Å². The second kappa shape index (κ2) is 12.6. The van der Waals surface area contributed by atoms with Crippen LogP contribution in [0.1, 0.15) is 12.0 Å². The van der Waals surface area contributed by atoms with E-state index in [1.165, 1.54) is 11.8 Å². The number of rotatable bonds is 11. The van der Waals surface area contributed by atoms with E-state index in [-0.39, 0.29) is 13.2 Å². The van der Waals surface area contributed by atoms with Crippen molar-refractivity contribution in [1.29, 1.82) is 0 Å². The van der Waals surface area contributed by atoms with Gasteiger partial charge in [0.25, 0.3) is 0 Å². The zero-order chi connectivity index (χ0) is 20.1. The van der Waals surface area contributed by atoms with Gasteiger partial charge in [-0.1, -0.05) is 30.3 Å². The van der Waals surface area contributed by atoms with E-state index < -0.39 is 36.5 Å². The SMILES string of the molecule is CSCCC(NC(=O)OCc1ccccc1)C(=O)NCC(=O)NCC(=O)O. The highest BCUT2D eigenvalue weighted by molar-refractivity contribution is 7.98. The topological polar surface area (TPSA) is 134 Å². The van der Waals surface area contributed by atoms with Gasteiger partial charge in [0, 0.05) is 0 Å². The third kappa shape index (κ3) is 10.1. The molecule has 3 amide bonds. The molecule has 0 bridgehead atoms. The number of carbonyl (C=O) groups excluding carboxylic acids is 3. The first-order chi connectivity index (χ1) is 12.9. The van der Waals surface area contributed by atoms with E-state index in [1.807, 2.05) is 24.5 Å². The van der Waals surface area contributed by atoms with Crippen molar-refractivity contribution in [3.8, 4) is 0 Å². The highest BCUT2D eigenvalue weighted by Crippen LogP contribution is 2.04. The molecule has 0 fully saturated rings. The average molecular weight is 397 g/mol. The molecule has 27 heavy (non-hydrogen) atoms. The fourth-order valence-corrected chi connectivity index (χ4v) is 2.41. The standard InChI is InChI=1S/C17H23N3O6S/c1-27-8-7-13(16(24)19-9-14(21)18-10-15(22)23)20-17(25)26-11-12-5-3-2-4-6-12/h2-6,13H,7-11H2,1H3,(H,18,21)(H,19,24)(H,20,25)(H,22,23). The summed E-state index contributed by atoms with van der Waals surface area (Å²) < 4.78 is 5.10. The molecule has 1 aromatic rings. The number of amides is 3. The highest BCUT2D eigenvalue weighted by atomic mass is 32.2. The second-order valence-electron chi connectivity index (χ2n) is 5.43. The van der Waals surface area contributed by atoms with Gasteiger partial charge in [-0.05, 0) is 24.0 Å². The molecule has 1 atom stereocenters. The number of carbonyl (C=O) groups is 4. The van der Waals surface area contributed by atoms with Crippen molar-refractivity contribution >= 4 is 35.6 Å². The van der Waals surface area contributed by atoms with Gasteiger partial charge < -0.3 is 25.8 Å². The first-order valence-electron chi connectivity index (χ1n) is 8.14. The van der Waals surface area contributed by atoms with E-state index in [9.17, 15) is 19.2 Å². The Balaban J connectivity index is 2.47. The van der Waals surface area contributed by atoms with Gasteiger partial charge in [0.05, 0.1) is 6.54 Å². The van der Waals surface area contributed by atoms with Gasteiger partial charge in [0.15, 0.2) is 0 Å². The molecule has 10 heteroatoms. The molecule has 1 aromatic carbocycles. The van der Waals surface area contributed by atoms with E-state index >= 15 is 0 Å². The number of hydrogen-bond donors (Lipinski definition) is 4. The second-order valence-corrected chi connectivity index (χ2v) is 6.41. The van der Waals surface area contributed by atoms with Gasteiger partial charge in [0.2, 0.25) is 11.8 Å². The molecule has 0 spiro atoms. The number of thioether (sulfide) groups is 1. The number of ether oxygens (including phenoxy) is 1. The number of carboxylic acid groups (broad SMARTS) is 1. The summed E-state index contributed by atoms with van der Waals surface area (Å²) in [5.41, 5.74) is 0.813. The van der Waals surface area contributed by atoms with Gasteiger partial charge in [0.1, 0.15) is 19.2 Å². The van der Waals surface area contributed by atoms with Crippen LogP contribution in [0.25, 0.3) is 0 Å². The number of benzene rings is 1. The smallest absolute Gasteiger partial charge is 0.408 e. The van der Waals surface area contributed by atoms with Gasteiger partial charge in [-0.2, -0.15) is 11.8 Å². The molecule has 0 aliphatic heterocycles. The Morgan fingerprint density at radius 3 is 2.44 bits per heavy atom. The van der Waals surface area contributed by atoms with Crippen molar-refractivity contribution in [2.24, 2.45) is 0 Å². The lowest BCUT2D eigenvalue weighted by molar-refractivity contribution is -0.137. The summed E-state index contributed by atoms with van der Waals surface area (Å²) in [5, 5.41) is 15.5. The quantitative estimate of drug-likeness (QED) is 0.423. The minimum absolute atomic E-state index is 0.0706. The first kappa shape index (κ1) is 22.3. The minimum Gasteiger partial charge on any atom is -0.480 e. The van der Waals surface area contributed by atoms with Crippen LogP contribution >= 0.6 is 11.8 Å². The molecule has 0 radical (unpaired) electrons. The largest absolute Gasteiger partial charge is 0.480 e. The van der Waals surface area contributed by atoms with Crippen LogP contribution in [-0.2, 0) is 25.7 Å². The van der Waals surface area contributed by atoms with Crippen LogP contribution in [0.15, 0.2) is 30.3 Å². The van der Waals surface area contributed by atoms with Crippen molar-refractivity contribution in [3.63, 3.8) is 0 Å². The van der Waals surface area contributed by atoms with Crippen molar-refractivity contribution in [2.45, 2.75) is 19.1 Å². The van der Waals surface area contributed by atoms with E-state index in [0.717, 1.165) is 5.56 Å². The summed E-state index contributed by atoms with van der Waals surface area (Å²) >= 11 is 1.50. The number of nitrogens with one attached hydrogen (secondary N) is 3. The van der Waals surface area contributed by atoms with Crippen LogP contribution in [0.3, 0.4) is 0 Å². The van der Waals surface area contributed by atoms with Crippen molar-refractivity contribution in [2.75, 3.05) is 25.1 Å². The Morgan fingerprint density at radius 2 is 1.81 bits per heavy atom. The third-order valence-corrected chi connectivity index (χ3v) is 3.94. The average Bonchev–Trinajstić information content (AvgIpc) is 2.66.